The summed E-state index contributed by atoms with van der Waals surface area (Å²) in [6.07, 6.45) is 6.05. The van der Waals surface area contributed by atoms with Crippen molar-refractivity contribution in [3.63, 3.8) is 0 Å². The van der Waals surface area contributed by atoms with Crippen molar-refractivity contribution in [2.75, 3.05) is 12.0 Å². The Balaban J connectivity index is 1.77. The number of ether oxygens (including phenoxy) is 1. The summed E-state index contributed by atoms with van der Waals surface area (Å²) >= 11 is 0. The van der Waals surface area contributed by atoms with Crippen LogP contribution in [0.5, 0.6) is 5.88 Å². The lowest BCUT2D eigenvalue weighted by Crippen LogP contribution is -2.29. The van der Waals surface area contributed by atoms with Crippen molar-refractivity contribution in [2.24, 2.45) is 0 Å². The van der Waals surface area contributed by atoms with E-state index < -0.39 is 5.82 Å². The van der Waals surface area contributed by atoms with Crippen LogP contribution < -0.4 is 9.64 Å². The Kier molecular flexibility index (Phi) is 3.60. The minimum atomic E-state index is -0.412. The maximum absolute atomic E-state index is 13.6. The van der Waals surface area contributed by atoms with Crippen LogP contribution in [0.25, 0.3) is 5.65 Å². The van der Waals surface area contributed by atoms with Gasteiger partial charge < -0.3 is 9.64 Å². The summed E-state index contributed by atoms with van der Waals surface area (Å²) < 4.78 is 20.5. The predicted molar refractivity (Wildman–Crippen MR) is 88.5 cm³/mol. The maximum atomic E-state index is 13.6. The van der Waals surface area contributed by atoms with Gasteiger partial charge in [-0.1, -0.05) is 0 Å². The SMILES string of the molecule is COc1ncc(F)cc1CN1c2nc3c(C=O)cnn3cc2C[C@H]1C. The molecule has 0 saturated carbocycles. The third-order valence-electron chi connectivity index (χ3n) is 4.45. The number of nitrogens with zero attached hydrogens (tertiary/aromatic N) is 5. The number of pyridine rings is 1. The second kappa shape index (κ2) is 5.80. The standard InChI is InChI=1S/C17H16FN5O2/c1-10-3-11-8-23-16(13(9-24)5-20-23)21-15(11)22(10)7-12-4-14(18)6-19-17(12)25-2/h4-6,8-10H,3,7H2,1-2H3/t10-/m1/s1. The second-order valence-corrected chi connectivity index (χ2v) is 6.08. The third kappa shape index (κ3) is 2.50. The molecule has 25 heavy (non-hydrogen) atoms. The fraction of sp³-hybridized carbons (Fsp3) is 0.294. The number of hydrogen-bond acceptors (Lipinski definition) is 6. The molecule has 0 aromatic carbocycles. The van der Waals surface area contributed by atoms with E-state index in [1.807, 2.05) is 6.20 Å². The molecule has 0 N–H and O–H groups in total. The number of rotatable bonds is 4. The molecule has 3 aromatic heterocycles. The zero-order valence-electron chi connectivity index (χ0n) is 13.8. The molecule has 8 heteroatoms. The molecule has 128 valence electrons. The van der Waals surface area contributed by atoms with Gasteiger partial charge in [0.05, 0.1) is 31.6 Å². The molecule has 1 atom stereocenters. The van der Waals surface area contributed by atoms with Crippen molar-refractivity contribution in [2.45, 2.75) is 25.9 Å². The molecule has 0 aliphatic carbocycles. The Bertz CT molecular complexity index is 971. The van der Waals surface area contributed by atoms with Crippen LogP contribution >= 0.6 is 0 Å². The lowest BCUT2D eigenvalue weighted by Gasteiger charge is -2.24. The van der Waals surface area contributed by atoms with Gasteiger partial charge in [0.15, 0.2) is 11.9 Å². The minimum Gasteiger partial charge on any atom is -0.481 e. The van der Waals surface area contributed by atoms with Gasteiger partial charge in [-0.25, -0.2) is 18.9 Å². The monoisotopic (exact) mass is 341 g/mol. The first-order valence-electron chi connectivity index (χ1n) is 7.88. The molecule has 3 aromatic rings. The quantitative estimate of drug-likeness (QED) is 0.676. The first-order chi connectivity index (χ1) is 12.1. The number of carbonyl (C=O) groups is 1. The Labute approximate surface area is 143 Å². The van der Waals surface area contributed by atoms with Crippen molar-refractivity contribution < 1.29 is 13.9 Å². The third-order valence-corrected chi connectivity index (χ3v) is 4.45. The van der Waals surface area contributed by atoms with Crippen LogP contribution in [0.3, 0.4) is 0 Å². The van der Waals surface area contributed by atoms with Crippen LogP contribution in [0.1, 0.15) is 28.4 Å². The number of aromatic nitrogens is 4. The number of hydrogen-bond donors (Lipinski definition) is 0. The summed E-state index contributed by atoms with van der Waals surface area (Å²) in [5, 5.41) is 4.16. The first kappa shape index (κ1) is 15.5. The summed E-state index contributed by atoms with van der Waals surface area (Å²) in [6.45, 7) is 2.49. The van der Waals surface area contributed by atoms with Crippen LogP contribution in [-0.2, 0) is 13.0 Å². The average molecular weight is 341 g/mol. The molecule has 0 spiro atoms. The first-order valence-corrected chi connectivity index (χ1v) is 7.88. The van der Waals surface area contributed by atoms with Crippen LogP contribution in [0.15, 0.2) is 24.7 Å². The number of aldehydes is 1. The zero-order chi connectivity index (χ0) is 17.6. The largest absolute Gasteiger partial charge is 0.481 e. The van der Waals surface area contributed by atoms with E-state index in [1.54, 1.807) is 4.52 Å². The molecule has 7 nitrogen and oxygen atoms in total. The molecular weight excluding hydrogens is 325 g/mol. The van der Waals surface area contributed by atoms with E-state index in [0.717, 1.165) is 30.3 Å². The van der Waals surface area contributed by atoms with E-state index in [1.165, 1.54) is 19.4 Å². The topological polar surface area (TPSA) is 72.6 Å². The van der Waals surface area contributed by atoms with Gasteiger partial charge in [0.1, 0.15) is 11.6 Å². The highest BCUT2D eigenvalue weighted by atomic mass is 19.1. The molecule has 0 bridgehead atoms. The Hall–Kier alpha value is -3.03. The summed E-state index contributed by atoms with van der Waals surface area (Å²) in [5.74, 6) is 0.751. The van der Waals surface area contributed by atoms with Crippen molar-refractivity contribution in [3.8, 4) is 5.88 Å². The van der Waals surface area contributed by atoms with Gasteiger partial charge >= 0.3 is 0 Å². The molecule has 0 saturated heterocycles. The maximum Gasteiger partial charge on any atom is 0.218 e. The predicted octanol–water partition coefficient (Wildman–Crippen LogP) is 2.04. The summed E-state index contributed by atoms with van der Waals surface area (Å²) in [5.41, 5.74) is 2.63. The smallest absolute Gasteiger partial charge is 0.218 e. The highest BCUT2D eigenvalue weighted by Crippen LogP contribution is 2.33. The van der Waals surface area contributed by atoms with E-state index in [9.17, 15) is 9.18 Å². The molecule has 1 aliphatic heterocycles. The Morgan fingerprint density at radius 3 is 3.04 bits per heavy atom. The molecule has 1 aliphatic rings. The molecule has 0 fully saturated rings. The molecule has 4 rings (SSSR count). The van der Waals surface area contributed by atoms with Crippen LogP contribution in [0, 0.1) is 5.82 Å². The van der Waals surface area contributed by atoms with Gasteiger partial charge in [-0.05, 0) is 19.4 Å². The summed E-state index contributed by atoms with van der Waals surface area (Å²) in [7, 11) is 1.51. The summed E-state index contributed by atoms with van der Waals surface area (Å²) in [4.78, 5) is 21.8. The van der Waals surface area contributed by atoms with Gasteiger partial charge in [-0.2, -0.15) is 5.10 Å². The average Bonchev–Trinajstić information content (AvgIpc) is 3.13. The normalized spacial score (nSPS) is 16.3. The number of anilines is 1. The lowest BCUT2D eigenvalue weighted by atomic mass is 10.2. The van der Waals surface area contributed by atoms with Gasteiger partial charge in [-0.15, -0.1) is 0 Å². The van der Waals surface area contributed by atoms with Crippen molar-refractivity contribution in [3.05, 3.63) is 47.2 Å². The Morgan fingerprint density at radius 1 is 1.44 bits per heavy atom. The number of fused-ring (bicyclic) bond motifs is 2. The highest BCUT2D eigenvalue weighted by molar-refractivity contribution is 5.84. The molecule has 0 unspecified atom stereocenters. The van der Waals surface area contributed by atoms with Crippen molar-refractivity contribution >= 4 is 17.8 Å². The van der Waals surface area contributed by atoms with Gasteiger partial charge in [0, 0.05) is 23.4 Å². The van der Waals surface area contributed by atoms with Crippen molar-refractivity contribution in [1.82, 2.24) is 19.6 Å². The summed E-state index contributed by atoms with van der Waals surface area (Å²) in [6, 6.07) is 1.59. The van der Waals surface area contributed by atoms with E-state index in [4.69, 9.17) is 4.74 Å². The molecular formula is C17H16FN5O2. The molecule has 4 heterocycles. The minimum absolute atomic E-state index is 0.169. The van der Waals surface area contributed by atoms with Gasteiger partial charge in [-0.3, -0.25) is 4.79 Å². The van der Waals surface area contributed by atoms with E-state index in [-0.39, 0.29) is 6.04 Å². The van der Waals surface area contributed by atoms with E-state index >= 15 is 0 Å². The Morgan fingerprint density at radius 2 is 2.28 bits per heavy atom. The lowest BCUT2D eigenvalue weighted by molar-refractivity contribution is 0.112. The van der Waals surface area contributed by atoms with Gasteiger partial charge in [0.2, 0.25) is 5.88 Å². The van der Waals surface area contributed by atoms with Crippen LogP contribution in [0.2, 0.25) is 0 Å². The zero-order valence-corrected chi connectivity index (χ0v) is 13.8. The van der Waals surface area contributed by atoms with E-state index in [2.05, 4.69) is 26.9 Å². The van der Waals surface area contributed by atoms with E-state index in [0.29, 0.717) is 29.2 Å². The molecule has 0 amide bonds. The van der Waals surface area contributed by atoms with Crippen LogP contribution in [-0.4, -0.2) is 39.0 Å². The number of halogens is 1. The number of carbonyl (C=O) groups excluding carboxylic acids is 1. The highest BCUT2D eigenvalue weighted by Gasteiger charge is 2.30. The number of methoxy groups -OCH3 is 1. The van der Waals surface area contributed by atoms with Crippen molar-refractivity contribution in [1.29, 1.82) is 0 Å². The second-order valence-electron chi connectivity index (χ2n) is 6.08. The van der Waals surface area contributed by atoms with Gasteiger partial charge in [0.25, 0.3) is 0 Å². The fourth-order valence-corrected chi connectivity index (χ4v) is 3.25. The molecule has 0 radical (unpaired) electrons. The fourth-order valence-electron chi connectivity index (χ4n) is 3.25. The van der Waals surface area contributed by atoms with Crippen LogP contribution in [0.4, 0.5) is 10.2 Å².